The summed E-state index contributed by atoms with van der Waals surface area (Å²) >= 11 is 3.46. The fourth-order valence-electron chi connectivity index (χ4n) is 2.28. The largest absolute Gasteiger partial charge is 0.491 e. The zero-order valence-electron chi connectivity index (χ0n) is 10.2. The van der Waals surface area contributed by atoms with Crippen molar-refractivity contribution in [3.8, 4) is 5.75 Å². The monoisotopic (exact) mass is 298 g/mol. The molecule has 0 aliphatic heterocycles. The van der Waals surface area contributed by atoms with Crippen molar-refractivity contribution in [1.29, 1.82) is 0 Å². The van der Waals surface area contributed by atoms with Crippen LogP contribution in [0.5, 0.6) is 5.75 Å². The first-order valence-corrected chi connectivity index (χ1v) is 7.00. The highest BCUT2D eigenvalue weighted by molar-refractivity contribution is 9.10. The fourth-order valence-corrected chi connectivity index (χ4v) is 2.53. The van der Waals surface area contributed by atoms with Gasteiger partial charge in [-0.05, 0) is 43.5 Å². The van der Waals surface area contributed by atoms with Gasteiger partial charge < -0.3 is 9.84 Å². The second-order valence-electron chi connectivity index (χ2n) is 4.98. The average Bonchev–Trinajstić information content (AvgIpc) is 2.32. The molecule has 0 heterocycles. The van der Waals surface area contributed by atoms with E-state index in [4.69, 9.17) is 4.74 Å². The van der Waals surface area contributed by atoms with Crippen molar-refractivity contribution in [2.45, 2.75) is 44.6 Å². The molecule has 0 unspecified atom stereocenters. The van der Waals surface area contributed by atoms with Crippen molar-refractivity contribution in [2.75, 3.05) is 6.61 Å². The minimum Gasteiger partial charge on any atom is -0.491 e. The third kappa shape index (κ3) is 3.46. The van der Waals surface area contributed by atoms with Crippen molar-refractivity contribution in [3.63, 3.8) is 0 Å². The van der Waals surface area contributed by atoms with Gasteiger partial charge in [0.1, 0.15) is 12.4 Å². The van der Waals surface area contributed by atoms with Crippen molar-refractivity contribution in [2.24, 2.45) is 0 Å². The fraction of sp³-hybridized carbons (Fsp3) is 0.571. The molecule has 0 spiro atoms. The lowest BCUT2D eigenvalue weighted by molar-refractivity contribution is -0.0339. The second-order valence-corrected chi connectivity index (χ2v) is 5.84. The molecule has 1 saturated carbocycles. The van der Waals surface area contributed by atoms with E-state index in [0.717, 1.165) is 41.5 Å². The number of ether oxygens (including phenoxy) is 1. The summed E-state index contributed by atoms with van der Waals surface area (Å²) in [6.07, 6.45) is 5.18. The molecule has 17 heavy (non-hydrogen) atoms. The number of hydrogen-bond acceptors (Lipinski definition) is 2. The molecule has 1 aliphatic rings. The highest BCUT2D eigenvalue weighted by Gasteiger charge is 2.29. The lowest BCUT2D eigenvalue weighted by Gasteiger charge is -2.31. The molecule has 0 bridgehead atoms. The minimum absolute atomic E-state index is 0.411. The Morgan fingerprint density at radius 1 is 1.29 bits per heavy atom. The first-order chi connectivity index (χ1) is 8.09. The molecule has 1 aromatic rings. The number of rotatable bonds is 3. The summed E-state index contributed by atoms with van der Waals surface area (Å²) in [6, 6.07) is 5.91. The molecule has 0 radical (unpaired) electrons. The Balaban J connectivity index is 1.94. The summed E-state index contributed by atoms with van der Waals surface area (Å²) in [5.41, 5.74) is 0.539. The van der Waals surface area contributed by atoms with Gasteiger partial charge in [-0.15, -0.1) is 0 Å². The molecule has 3 heteroatoms. The molecule has 0 atom stereocenters. The van der Waals surface area contributed by atoms with E-state index >= 15 is 0 Å². The first kappa shape index (κ1) is 12.9. The van der Waals surface area contributed by atoms with Crippen LogP contribution in [0.3, 0.4) is 0 Å². The first-order valence-electron chi connectivity index (χ1n) is 6.20. The SMILES string of the molecule is Cc1cc(OCC2(O)CCCCC2)ccc1Br. The molecule has 1 aliphatic carbocycles. The van der Waals surface area contributed by atoms with Gasteiger partial charge in [-0.3, -0.25) is 0 Å². The molecule has 94 valence electrons. The lowest BCUT2D eigenvalue weighted by Crippen LogP contribution is -2.37. The van der Waals surface area contributed by atoms with Crippen molar-refractivity contribution < 1.29 is 9.84 Å². The maximum absolute atomic E-state index is 10.3. The summed E-state index contributed by atoms with van der Waals surface area (Å²) in [5.74, 6) is 0.838. The Labute approximate surface area is 111 Å². The van der Waals surface area contributed by atoms with Gasteiger partial charge in [-0.2, -0.15) is 0 Å². The molecular weight excluding hydrogens is 280 g/mol. The number of hydrogen-bond donors (Lipinski definition) is 1. The number of benzene rings is 1. The summed E-state index contributed by atoms with van der Waals surface area (Å²) in [7, 11) is 0. The molecule has 2 rings (SSSR count). The van der Waals surface area contributed by atoms with E-state index in [0.29, 0.717) is 6.61 Å². The quantitative estimate of drug-likeness (QED) is 0.919. The van der Waals surface area contributed by atoms with Crippen molar-refractivity contribution in [3.05, 3.63) is 28.2 Å². The van der Waals surface area contributed by atoms with Crippen LogP contribution in [0.15, 0.2) is 22.7 Å². The van der Waals surface area contributed by atoms with Gasteiger partial charge in [-0.25, -0.2) is 0 Å². The summed E-state index contributed by atoms with van der Waals surface area (Å²) in [4.78, 5) is 0. The zero-order valence-corrected chi connectivity index (χ0v) is 11.8. The lowest BCUT2D eigenvalue weighted by atomic mass is 9.85. The molecule has 0 saturated heterocycles. The van der Waals surface area contributed by atoms with Gasteiger partial charge in [0.15, 0.2) is 0 Å². The van der Waals surface area contributed by atoms with Crippen molar-refractivity contribution >= 4 is 15.9 Å². The maximum atomic E-state index is 10.3. The van der Waals surface area contributed by atoms with E-state index in [9.17, 15) is 5.11 Å². The van der Waals surface area contributed by atoms with E-state index in [2.05, 4.69) is 15.9 Å². The predicted molar refractivity (Wildman–Crippen MR) is 72.4 cm³/mol. The second kappa shape index (κ2) is 5.40. The molecule has 1 N–H and O–H groups in total. The Bertz CT molecular complexity index is 384. The van der Waals surface area contributed by atoms with E-state index in [1.165, 1.54) is 6.42 Å². The van der Waals surface area contributed by atoms with Crippen LogP contribution in [0, 0.1) is 6.92 Å². The number of halogens is 1. The summed E-state index contributed by atoms with van der Waals surface area (Å²) < 4.78 is 6.80. The Morgan fingerprint density at radius 3 is 2.65 bits per heavy atom. The molecule has 0 amide bonds. The minimum atomic E-state index is -0.612. The van der Waals surface area contributed by atoms with Gasteiger partial charge >= 0.3 is 0 Å². The summed E-state index contributed by atoms with van der Waals surface area (Å²) in [6.45, 7) is 2.44. The smallest absolute Gasteiger partial charge is 0.119 e. The Kier molecular flexibility index (Phi) is 4.10. The van der Waals surface area contributed by atoms with E-state index in [-0.39, 0.29) is 0 Å². The van der Waals surface area contributed by atoms with Crippen LogP contribution < -0.4 is 4.74 Å². The highest BCUT2D eigenvalue weighted by Crippen LogP contribution is 2.29. The van der Waals surface area contributed by atoms with Gasteiger partial charge in [0.25, 0.3) is 0 Å². The third-order valence-electron chi connectivity index (χ3n) is 3.42. The average molecular weight is 299 g/mol. The Morgan fingerprint density at radius 2 is 2.00 bits per heavy atom. The van der Waals surface area contributed by atoms with Gasteiger partial charge in [-0.1, -0.05) is 35.2 Å². The molecule has 0 aromatic heterocycles. The van der Waals surface area contributed by atoms with Gasteiger partial charge in [0.2, 0.25) is 0 Å². The van der Waals surface area contributed by atoms with E-state index in [1.807, 2.05) is 25.1 Å². The topological polar surface area (TPSA) is 29.5 Å². The van der Waals surface area contributed by atoms with Crippen LogP contribution in [-0.2, 0) is 0 Å². The third-order valence-corrected chi connectivity index (χ3v) is 4.31. The van der Waals surface area contributed by atoms with E-state index in [1.54, 1.807) is 0 Å². The highest BCUT2D eigenvalue weighted by atomic mass is 79.9. The van der Waals surface area contributed by atoms with Crippen LogP contribution in [0.4, 0.5) is 0 Å². The normalized spacial score (nSPS) is 19.0. The molecule has 2 nitrogen and oxygen atoms in total. The Hall–Kier alpha value is -0.540. The molecule has 1 fully saturated rings. The zero-order chi connectivity index (χ0) is 12.3. The van der Waals surface area contributed by atoms with Crippen LogP contribution >= 0.6 is 15.9 Å². The van der Waals surface area contributed by atoms with Gasteiger partial charge in [0.05, 0.1) is 5.60 Å². The van der Waals surface area contributed by atoms with Crippen molar-refractivity contribution in [1.82, 2.24) is 0 Å². The maximum Gasteiger partial charge on any atom is 0.119 e. The standard InChI is InChI=1S/C14H19BrO2/c1-11-9-12(5-6-13(11)15)17-10-14(16)7-3-2-4-8-14/h5-6,9,16H,2-4,7-8,10H2,1H3. The molecular formula is C14H19BrO2. The van der Waals surface area contributed by atoms with Crippen LogP contribution in [-0.4, -0.2) is 17.3 Å². The summed E-state index contributed by atoms with van der Waals surface area (Å²) in [5, 5.41) is 10.3. The number of aryl methyl sites for hydroxylation is 1. The molecule has 1 aromatic carbocycles. The van der Waals surface area contributed by atoms with Crippen LogP contribution in [0.2, 0.25) is 0 Å². The van der Waals surface area contributed by atoms with Crippen LogP contribution in [0.1, 0.15) is 37.7 Å². The number of aliphatic hydroxyl groups is 1. The predicted octanol–water partition coefficient (Wildman–Crippen LogP) is 3.83. The van der Waals surface area contributed by atoms with Crippen LogP contribution in [0.25, 0.3) is 0 Å². The van der Waals surface area contributed by atoms with Gasteiger partial charge in [0, 0.05) is 4.47 Å². The van der Waals surface area contributed by atoms with E-state index < -0.39 is 5.60 Å².